The predicted molar refractivity (Wildman–Crippen MR) is 81.3 cm³/mol. The van der Waals surface area contributed by atoms with Crippen molar-refractivity contribution >= 4 is 10.0 Å². The highest BCUT2D eigenvalue weighted by Gasteiger charge is 2.48. The molecule has 1 atom stereocenters. The van der Waals surface area contributed by atoms with Crippen molar-refractivity contribution in [3.05, 3.63) is 21.6 Å². The average molecular weight is 285 g/mol. The standard InChI is InChI=1S/C15H27NO2S/c1-9(2)13-14(10(3)4)16(12(7)8)19(17,18)15(13)11(5)6/h10,12,14H,1-8H3. The van der Waals surface area contributed by atoms with Crippen molar-refractivity contribution in [2.24, 2.45) is 5.92 Å². The molecule has 0 bridgehead atoms. The van der Waals surface area contributed by atoms with Gasteiger partial charge in [-0.3, -0.25) is 0 Å². The van der Waals surface area contributed by atoms with Crippen LogP contribution in [0.2, 0.25) is 0 Å². The fourth-order valence-corrected chi connectivity index (χ4v) is 5.46. The van der Waals surface area contributed by atoms with E-state index < -0.39 is 10.0 Å². The van der Waals surface area contributed by atoms with E-state index >= 15 is 0 Å². The van der Waals surface area contributed by atoms with E-state index in [4.69, 9.17) is 0 Å². The summed E-state index contributed by atoms with van der Waals surface area (Å²) in [4.78, 5) is 0.542. The van der Waals surface area contributed by atoms with Gasteiger partial charge < -0.3 is 0 Å². The SMILES string of the molecule is CC(C)=C1C(=C(C)C)S(=O)(=O)N(C(C)C)C1C(C)C. The summed E-state index contributed by atoms with van der Waals surface area (Å²) in [5.41, 5.74) is 2.98. The Kier molecular flexibility index (Phi) is 4.68. The Balaban J connectivity index is 3.73. The van der Waals surface area contributed by atoms with Gasteiger partial charge in [-0.05, 0) is 53.0 Å². The van der Waals surface area contributed by atoms with Gasteiger partial charge in [0.25, 0.3) is 0 Å². The zero-order valence-electron chi connectivity index (χ0n) is 13.4. The molecule has 1 fully saturated rings. The molecule has 0 saturated carbocycles. The second-order valence-electron chi connectivity index (χ2n) is 6.36. The van der Waals surface area contributed by atoms with Crippen molar-refractivity contribution in [1.82, 2.24) is 4.31 Å². The molecule has 19 heavy (non-hydrogen) atoms. The minimum Gasteiger partial charge on any atom is -0.207 e. The first-order valence-corrected chi connectivity index (χ1v) is 8.36. The van der Waals surface area contributed by atoms with Gasteiger partial charge >= 0.3 is 0 Å². The molecule has 0 N–H and O–H groups in total. The topological polar surface area (TPSA) is 37.4 Å². The van der Waals surface area contributed by atoms with Gasteiger partial charge in [0.15, 0.2) is 0 Å². The molecular formula is C15H27NO2S. The van der Waals surface area contributed by atoms with Crippen LogP contribution in [-0.4, -0.2) is 24.8 Å². The van der Waals surface area contributed by atoms with Crippen molar-refractivity contribution in [3.63, 3.8) is 0 Å². The van der Waals surface area contributed by atoms with Gasteiger partial charge in [0.1, 0.15) is 0 Å². The van der Waals surface area contributed by atoms with E-state index in [1.165, 1.54) is 0 Å². The van der Waals surface area contributed by atoms with Crippen LogP contribution in [0.25, 0.3) is 0 Å². The molecule has 0 aromatic heterocycles. The van der Waals surface area contributed by atoms with Crippen LogP contribution in [0.5, 0.6) is 0 Å². The molecule has 0 spiro atoms. The molecule has 0 amide bonds. The van der Waals surface area contributed by atoms with Crippen molar-refractivity contribution in [2.75, 3.05) is 0 Å². The maximum absolute atomic E-state index is 12.8. The van der Waals surface area contributed by atoms with E-state index in [0.717, 1.165) is 16.7 Å². The maximum atomic E-state index is 12.8. The molecule has 1 saturated heterocycles. The number of hydrogen-bond donors (Lipinski definition) is 0. The van der Waals surface area contributed by atoms with Crippen LogP contribution in [0, 0.1) is 5.92 Å². The van der Waals surface area contributed by atoms with Crippen LogP contribution in [0.4, 0.5) is 0 Å². The van der Waals surface area contributed by atoms with Gasteiger partial charge in [0.2, 0.25) is 10.0 Å². The van der Waals surface area contributed by atoms with Crippen LogP contribution in [-0.2, 0) is 10.0 Å². The highest BCUT2D eigenvalue weighted by Crippen LogP contribution is 2.43. The fraction of sp³-hybridized carbons (Fsp3) is 0.733. The Morgan fingerprint density at radius 2 is 1.47 bits per heavy atom. The number of sulfonamides is 1. The third-order valence-corrected chi connectivity index (χ3v) is 5.83. The zero-order valence-corrected chi connectivity index (χ0v) is 14.2. The molecule has 1 aliphatic rings. The van der Waals surface area contributed by atoms with Gasteiger partial charge in [0.05, 0.1) is 10.9 Å². The predicted octanol–water partition coefficient (Wildman–Crippen LogP) is 3.70. The molecule has 0 aromatic rings. The van der Waals surface area contributed by atoms with E-state index in [2.05, 4.69) is 13.8 Å². The molecule has 0 aromatic carbocycles. The first kappa shape index (κ1) is 16.4. The van der Waals surface area contributed by atoms with Crippen molar-refractivity contribution < 1.29 is 8.42 Å². The summed E-state index contributed by atoms with van der Waals surface area (Å²) in [5.74, 6) is 0.263. The van der Waals surface area contributed by atoms with E-state index in [9.17, 15) is 8.42 Å². The second-order valence-corrected chi connectivity index (χ2v) is 8.14. The summed E-state index contributed by atoms with van der Waals surface area (Å²) in [6.07, 6.45) is 0. The van der Waals surface area contributed by atoms with Crippen LogP contribution < -0.4 is 0 Å². The Morgan fingerprint density at radius 3 is 1.74 bits per heavy atom. The van der Waals surface area contributed by atoms with E-state index in [1.54, 1.807) is 4.31 Å². The van der Waals surface area contributed by atoms with Gasteiger partial charge in [-0.25, -0.2) is 8.42 Å². The van der Waals surface area contributed by atoms with Gasteiger partial charge in [-0.2, -0.15) is 4.31 Å². The largest absolute Gasteiger partial charge is 0.244 e. The van der Waals surface area contributed by atoms with Crippen molar-refractivity contribution in [1.29, 1.82) is 0 Å². The van der Waals surface area contributed by atoms with Gasteiger partial charge in [-0.1, -0.05) is 25.0 Å². The first-order valence-electron chi connectivity index (χ1n) is 6.92. The molecule has 0 aliphatic carbocycles. The highest BCUT2D eigenvalue weighted by molar-refractivity contribution is 7.93. The van der Waals surface area contributed by atoms with E-state index in [1.807, 2.05) is 41.5 Å². The molecule has 4 heteroatoms. The lowest BCUT2D eigenvalue weighted by Gasteiger charge is -2.29. The molecule has 1 heterocycles. The molecule has 1 rings (SSSR count). The first-order chi connectivity index (χ1) is 8.53. The lowest BCUT2D eigenvalue weighted by Crippen LogP contribution is -2.41. The third-order valence-electron chi connectivity index (χ3n) is 3.48. The van der Waals surface area contributed by atoms with Gasteiger partial charge in [0, 0.05) is 6.04 Å². The van der Waals surface area contributed by atoms with Crippen LogP contribution >= 0.6 is 0 Å². The minimum atomic E-state index is -3.36. The molecule has 3 nitrogen and oxygen atoms in total. The van der Waals surface area contributed by atoms with Crippen molar-refractivity contribution in [2.45, 2.75) is 67.5 Å². The summed E-state index contributed by atoms with van der Waals surface area (Å²) < 4.78 is 27.4. The number of allylic oxidation sites excluding steroid dienone is 2. The van der Waals surface area contributed by atoms with E-state index in [0.29, 0.717) is 4.91 Å². The monoisotopic (exact) mass is 285 g/mol. The normalized spacial score (nSPS) is 23.6. The number of nitrogens with zero attached hydrogens (tertiary/aromatic N) is 1. The van der Waals surface area contributed by atoms with Crippen molar-refractivity contribution in [3.8, 4) is 0 Å². The second kappa shape index (κ2) is 5.41. The minimum absolute atomic E-state index is 0.0244. The lowest BCUT2D eigenvalue weighted by atomic mass is 9.91. The third kappa shape index (κ3) is 2.65. The Bertz CT molecular complexity index is 516. The Morgan fingerprint density at radius 1 is 1.00 bits per heavy atom. The maximum Gasteiger partial charge on any atom is 0.244 e. The Labute approximate surface area is 118 Å². The summed E-state index contributed by atoms with van der Waals surface area (Å²) >= 11 is 0. The van der Waals surface area contributed by atoms with Crippen LogP contribution in [0.15, 0.2) is 21.6 Å². The van der Waals surface area contributed by atoms with Crippen LogP contribution in [0.1, 0.15) is 55.4 Å². The van der Waals surface area contributed by atoms with E-state index in [-0.39, 0.29) is 18.0 Å². The van der Waals surface area contributed by atoms with Gasteiger partial charge in [-0.15, -0.1) is 0 Å². The molecule has 1 unspecified atom stereocenters. The molecular weight excluding hydrogens is 258 g/mol. The zero-order chi connectivity index (χ0) is 15.1. The quantitative estimate of drug-likeness (QED) is 0.776. The number of rotatable bonds is 2. The molecule has 1 aliphatic heterocycles. The highest BCUT2D eigenvalue weighted by atomic mass is 32.2. The smallest absolute Gasteiger partial charge is 0.207 e. The number of hydrogen-bond acceptors (Lipinski definition) is 2. The lowest BCUT2D eigenvalue weighted by molar-refractivity contribution is 0.267. The molecule has 110 valence electrons. The molecule has 0 radical (unpaired) electrons. The summed E-state index contributed by atoms with van der Waals surface area (Å²) in [5, 5.41) is 0. The average Bonchev–Trinajstić information content (AvgIpc) is 2.45. The van der Waals surface area contributed by atoms with Crippen LogP contribution in [0.3, 0.4) is 0 Å². The Hall–Kier alpha value is -0.610. The summed E-state index contributed by atoms with van der Waals surface area (Å²) in [6, 6.07) is -0.0662. The summed E-state index contributed by atoms with van der Waals surface area (Å²) in [6.45, 7) is 15.9. The fourth-order valence-electron chi connectivity index (χ4n) is 2.93. The summed E-state index contributed by atoms with van der Waals surface area (Å²) in [7, 11) is -3.36.